The van der Waals surface area contributed by atoms with Gasteiger partial charge in [0.25, 0.3) is 0 Å². The second-order valence-electron chi connectivity index (χ2n) is 12.5. The van der Waals surface area contributed by atoms with Crippen LogP contribution in [0.2, 0.25) is 5.02 Å². The molecule has 4 aromatic rings. The number of nitrogens with zero attached hydrogens (tertiary/aromatic N) is 1. The maximum Gasteiger partial charge on any atom is 0.231 e. The summed E-state index contributed by atoms with van der Waals surface area (Å²) in [6.45, 7) is 2.98. The van der Waals surface area contributed by atoms with Crippen molar-refractivity contribution >= 4 is 41.3 Å². The molecule has 48 heavy (non-hydrogen) atoms. The van der Waals surface area contributed by atoms with Crippen molar-refractivity contribution < 1.29 is 28.4 Å². The summed E-state index contributed by atoms with van der Waals surface area (Å²) in [5.41, 5.74) is 6.12. The van der Waals surface area contributed by atoms with Crippen LogP contribution in [-0.4, -0.2) is 52.3 Å². The van der Waals surface area contributed by atoms with Crippen molar-refractivity contribution in [2.24, 2.45) is 11.8 Å². The van der Waals surface area contributed by atoms with Gasteiger partial charge in [-0.1, -0.05) is 59.8 Å². The van der Waals surface area contributed by atoms with Crippen LogP contribution < -0.4 is 18.9 Å². The molecule has 0 N–H and O–H groups in total. The predicted octanol–water partition coefficient (Wildman–Crippen LogP) is 8.83. The minimum Gasteiger partial charge on any atom is -0.454 e. The maximum atomic E-state index is 6.21. The summed E-state index contributed by atoms with van der Waals surface area (Å²) in [5, 5.41) is 0.798. The summed E-state index contributed by atoms with van der Waals surface area (Å²) in [6.07, 6.45) is 3.42. The van der Waals surface area contributed by atoms with Gasteiger partial charge in [-0.25, -0.2) is 0 Å². The van der Waals surface area contributed by atoms with Crippen LogP contribution in [0.15, 0.2) is 94.7 Å². The maximum absolute atomic E-state index is 6.21. The van der Waals surface area contributed by atoms with Crippen LogP contribution in [0.5, 0.6) is 23.0 Å². The molecule has 5 heterocycles. The molecule has 4 aromatic carbocycles. The summed E-state index contributed by atoms with van der Waals surface area (Å²) >= 11 is 8.03. The Morgan fingerprint density at radius 1 is 0.708 bits per heavy atom. The fourth-order valence-electron chi connectivity index (χ4n) is 6.95. The first-order chi connectivity index (χ1) is 23.0. The molecule has 0 aliphatic carbocycles. The summed E-state index contributed by atoms with van der Waals surface area (Å²) in [4.78, 5) is 4.82. The van der Waals surface area contributed by atoms with Gasteiger partial charge in [0.1, 0.15) is 0 Å². The zero-order chi connectivity index (χ0) is 31.9. The quantitative estimate of drug-likeness (QED) is 0.180. The van der Waals surface area contributed by atoms with Gasteiger partial charge in [-0.15, -0.1) is 12.4 Å². The lowest BCUT2D eigenvalue weighted by Crippen LogP contribution is -2.14. The number of halogens is 2. The molecule has 2 fully saturated rings. The third-order valence-corrected chi connectivity index (χ3v) is 10.7. The zero-order valence-electron chi connectivity index (χ0n) is 26.7. The lowest BCUT2D eigenvalue weighted by Gasteiger charge is -2.22. The summed E-state index contributed by atoms with van der Waals surface area (Å²) in [7, 11) is 4.21. The van der Waals surface area contributed by atoms with E-state index in [1.807, 2.05) is 42.1 Å². The van der Waals surface area contributed by atoms with Gasteiger partial charge in [-0.3, -0.25) is 0 Å². The molecule has 250 valence electrons. The van der Waals surface area contributed by atoms with Crippen LogP contribution in [0.4, 0.5) is 0 Å². The van der Waals surface area contributed by atoms with Crippen molar-refractivity contribution in [1.29, 1.82) is 0 Å². The summed E-state index contributed by atoms with van der Waals surface area (Å²) in [6, 6.07) is 26.9. The largest absolute Gasteiger partial charge is 0.454 e. The van der Waals surface area contributed by atoms with E-state index in [0.717, 1.165) is 52.1 Å². The van der Waals surface area contributed by atoms with E-state index >= 15 is 0 Å². The first kappa shape index (κ1) is 33.1. The third kappa shape index (κ3) is 6.50. The topological polar surface area (TPSA) is 58.6 Å². The average molecular weight is 707 g/mol. The second-order valence-corrected chi connectivity index (χ2v) is 14.0. The standard InChI is InChI=1S/C20H18O6.C18H18ClNS.ClH/c1-3-15-17(25-9-23-15)5-11(1)19-13-7-22-20(14(13)8-21-19)12-2-4-16-18(6-12)26-10-24-16;1-20(2)11-5-7-14-15-6-3-4-8-17(15)21-18-10-9-13(19)12-16(14)18;/h1-6,13-14,19-20H,7-10H2;3-4,6-10,12H,5,11H2,1-2H3;1H. The normalized spacial score (nSPS) is 23.2. The highest BCUT2D eigenvalue weighted by Gasteiger charge is 2.48. The molecule has 4 atom stereocenters. The van der Waals surface area contributed by atoms with Crippen LogP contribution >= 0.6 is 35.8 Å². The van der Waals surface area contributed by atoms with Gasteiger partial charge in [-0.2, -0.15) is 0 Å². The van der Waals surface area contributed by atoms with E-state index in [-0.39, 0.29) is 38.2 Å². The van der Waals surface area contributed by atoms with E-state index in [1.165, 1.54) is 26.5 Å². The second kappa shape index (κ2) is 14.2. The lowest BCUT2D eigenvalue weighted by molar-refractivity contribution is 0.0192. The predicted molar refractivity (Wildman–Crippen MR) is 189 cm³/mol. The molecule has 10 heteroatoms. The third-order valence-electron chi connectivity index (χ3n) is 9.27. The van der Waals surface area contributed by atoms with Crippen molar-refractivity contribution in [2.45, 2.75) is 28.4 Å². The molecule has 0 bridgehead atoms. The smallest absolute Gasteiger partial charge is 0.231 e. The van der Waals surface area contributed by atoms with E-state index in [9.17, 15) is 0 Å². The SMILES string of the molecule is CN(C)CCC=C1c2ccccc2Sc2ccc(Cl)cc21.Cl.c1cc2c(cc1C1OCC3C(c4ccc5c(c4)OCO5)OCC13)OCO2. The minimum atomic E-state index is 0. The molecule has 7 nitrogen and oxygen atoms in total. The Labute approximate surface area is 296 Å². The number of fused-ring (bicyclic) bond motifs is 5. The van der Waals surface area contributed by atoms with Crippen molar-refractivity contribution in [3.05, 3.63) is 112 Å². The van der Waals surface area contributed by atoms with Gasteiger partial charge >= 0.3 is 0 Å². The van der Waals surface area contributed by atoms with Gasteiger partial charge in [0, 0.05) is 33.2 Å². The molecular weight excluding hydrogens is 669 g/mol. The molecule has 2 saturated heterocycles. The summed E-state index contributed by atoms with van der Waals surface area (Å²) < 4.78 is 34.2. The number of ether oxygens (including phenoxy) is 6. The Kier molecular flexibility index (Phi) is 9.83. The first-order valence-electron chi connectivity index (χ1n) is 16.0. The summed E-state index contributed by atoms with van der Waals surface area (Å²) in [5.74, 6) is 3.83. The monoisotopic (exact) mass is 705 g/mol. The van der Waals surface area contributed by atoms with E-state index in [2.05, 4.69) is 73.6 Å². The Morgan fingerprint density at radius 2 is 1.29 bits per heavy atom. The molecule has 0 radical (unpaired) electrons. The van der Waals surface area contributed by atoms with E-state index < -0.39 is 0 Å². The Balaban J connectivity index is 0.000000153. The van der Waals surface area contributed by atoms with Crippen LogP contribution in [0.1, 0.15) is 40.9 Å². The average Bonchev–Trinajstić information content (AvgIpc) is 3.89. The highest BCUT2D eigenvalue weighted by atomic mass is 35.5. The van der Waals surface area contributed by atoms with Crippen molar-refractivity contribution in [2.75, 3.05) is 47.4 Å². The lowest BCUT2D eigenvalue weighted by atomic mass is 9.85. The van der Waals surface area contributed by atoms with E-state index in [0.29, 0.717) is 25.0 Å². The van der Waals surface area contributed by atoms with Crippen LogP contribution in [0.25, 0.3) is 5.57 Å². The van der Waals surface area contributed by atoms with Gasteiger partial charge in [-0.05, 0) is 96.9 Å². The first-order valence-corrected chi connectivity index (χ1v) is 17.2. The highest BCUT2D eigenvalue weighted by molar-refractivity contribution is 7.99. The zero-order valence-corrected chi connectivity index (χ0v) is 29.1. The molecule has 0 spiro atoms. The molecule has 0 aromatic heterocycles. The van der Waals surface area contributed by atoms with Crippen LogP contribution in [-0.2, 0) is 9.47 Å². The van der Waals surface area contributed by atoms with Crippen molar-refractivity contribution in [3.63, 3.8) is 0 Å². The molecule has 0 saturated carbocycles. The van der Waals surface area contributed by atoms with Gasteiger partial charge in [0.15, 0.2) is 23.0 Å². The van der Waals surface area contributed by atoms with E-state index in [1.54, 1.807) is 0 Å². The minimum absolute atomic E-state index is 0. The van der Waals surface area contributed by atoms with Gasteiger partial charge in [0.05, 0.1) is 25.4 Å². The molecule has 5 aliphatic rings. The van der Waals surface area contributed by atoms with Gasteiger partial charge < -0.3 is 33.3 Å². The van der Waals surface area contributed by atoms with Crippen LogP contribution in [0, 0.1) is 11.8 Å². The van der Waals surface area contributed by atoms with E-state index in [4.69, 9.17) is 40.0 Å². The molecule has 4 unspecified atom stereocenters. The Bertz CT molecular complexity index is 1760. The number of benzene rings is 4. The fraction of sp³-hybridized carbons (Fsp3) is 0.316. The molecule has 5 aliphatic heterocycles. The van der Waals surface area contributed by atoms with Crippen molar-refractivity contribution in [1.82, 2.24) is 4.90 Å². The van der Waals surface area contributed by atoms with Gasteiger partial charge in [0.2, 0.25) is 13.6 Å². The number of hydrogen-bond acceptors (Lipinski definition) is 8. The number of rotatable bonds is 5. The molecule has 9 rings (SSSR count). The molecule has 0 amide bonds. The fourth-order valence-corrected chi connectivity index (χ4v) is 8.20. The Morgan fingerprint density at radius 3 is 1.92 bits per heavy atom. The number of hydrogen-bond donors (Lipinski definition) is 0. The Hall–Kier alpha value is -3.37. The molecular formula is C38H37Cl2NO6S. The highest BCUT2D eigenvalue weighted by Crippen LogP contribution is 2.52. The van der Waals surface area contributed by atoms with Crippen molar-refractivity contribution in [3.8, 4) is 23.0 Å². The van der Waals surface area contributed by atoms with Crippen LogP contribution in [0.3, 0.4) is 0 Å².